The normalized spacial score (nSPS) is 13.1. The molecule has 0 saturated carbocycles. The molecule has 0 fully saturated rings. The van der Waals surface area contributed by atoms with E-state index < -0.39 is 6.85 Å². The number of pyridine rings is 1. The third kappa shape index (κ3) is 5.25. The molecule has 53 heavy (non-hydrogen) atoms. The number of para-hydroxylation sites is 3. The molecule has 258 valence electrons. The van der Waals surface area contributed by atoms with E-state index in [0.29, 0.717) is 0 Å². The molecule has 0 N–H and O–H groups in total. The second-order valence-corrected chi connectivity index (χ2v) is 14.5. The third-order valence-corrected chi connectivity index (χ3v) is 10.2. The predicted molar refractivity (Wildman–Crippen MR) is 215 cm³/mol. The van der Waals surface area contributed by atoms with Crippen molar-refractivity contribution < 1.29 is 25.2 Å². The maximum absolute atomic E-state index is 7.99. The Balaban J connectivity index is 0.00000410. The van der Waals surface area contributed by atoms with Crippen LogP contribution in [0, 0.1) is 12.9 Å². The molecule has 0 spiro atoms. The largest absolute Gasteiger partial charge is 2.00 e. The number of fused-ring (bicyclic) bond motifs is 7. The maximum Gasteiger partial charge on any atom is 2.00 e. The van der Waals surface area contributed by atoms with Crippen molar-refractivity contribution in [3.8, 4) is 34.0 Å². The minimum Gasteiger partial charge on any atom is -0.656 e. The van der Waals surface area contributed by atoms with Crippen molar-refractivity contribution in [1.29, 1.82) is 0 Å². The first kappa shape index (κ1) is 29.8. The fraction of sp³-hybridized carbons (Fsp3) is 0.106. The van der Waals surface area contributed by atoms with Gasteiger partial charge in [-0.15, -0.1) is 34.8 Å². The van der Waals surface area contributed by atoms with Crippen molar-refractivity contribution in [3.05, 3.63) is 157 Å². The van der Waals surface area contributed by atoms with Gasteiger partial charge in [0.05, 0.1) is 11.0 Å². The fourth-order valence-electron chi connectivity index (χ4n) is 7.64. The summed E-state index contributed by atoms with van der Waals surface area (Å²) < 4.78 is 28.3. The molecule has 0 aliphatic rings. The van der Waals surface area contributed by atoms with Crippen LogP contribution in [-0.2, 0) is 26.5 Å². The van der Waals surface area contributed by atoms with Crippen LogP contribution in [0.1, 0.15) is 36.0 Å². The van der Waals surface area contributed by atoms with Crippen LogP contribution in [0.4, 0.5) is 0 Å². The smallest absolute Gasteiger partial charge is 0.656 e. The van der Waals surface area contributed by atoms with Crippen molar-refractivity contribution >= 4 is 54.6 Å². The zero-order valence-corrected chi connectivity index (χ0v) is 31.6. The number of nitrogens with zero attached hydrogens (tertiary/aromatic N) is 5. The Morgan fingerprint density at radius 1 is 0.679 bits per heavy atom. The first-order chi connectivity index (χ1) is 26.5. The van der Waals surface area contributed by atoms with Gasteiger partial charge in [-0.2, -0.15) is 0 Å². The van der Waals surface area contributed by atoms with Gasteiger partial charge in [-0.3, -0.25) is 4.57 Å². The summed E-state index contributed by atoms with van der Waals surface area (Å²) in [6.07, 6.45) is 1.82. The molecule has 0 aliphatic heterocycles. The van der Waals surface area contributed by atoms with Crippen LogP contribution in [0.5, 0.6) is 0 Å². The number of rotatable bonds is 4. The van der Waals surface area contributed by atoms with Crippen LogP contribution in [0.2, 0.25) is 0 Å². The van der Waals surface area contributed by atoms with Gasteiger partial charge in [0, 0.05) is 27.1 Å². The van der Waals surface area contributed by atoms with Crippen molar-refractivity contribution in [1.82, 2.24) is 24.1 Å². The summed E-state index contributed by atoms with van der Waals surface area (Å²) in [5.41, 5.74) is 10.6. The molecule has 10 rings (SSSR count). The van der Waals surface area contributed by atoms with Gasteiger partial charge in [-0.1, -0.05) is 122 Å². The van der Waals surface area contributed by atoms with Crippen LogP contribution in [0.15, 0.2) is 140 Å². The molecule has 0 amide bonds. The SMILES string of the molecule is [2H]C([2H])([2H])c1ccc(-n2c(-c3cccc4c3[n-]c3ccccc34)nc3c(-c4[c-]c5c(cc4)c4cc(C(C)(C)C)ccc4n5-c4ccccn4)cccc32)cc1.[Pt+2]. The first-order valence-electron chi connectivity index (χ1n) is 19.0. The topological polar surface area (TPSA) is 49.7 Å². The van der Waals surface area contributed by atoms with E-state index in [1.54, 1.807) is 12.1 Å². The number of imidazole rings is 1. The number of benzene rings is 6. The number of hydrogen-bond donors (Lipinski definition) is 0. The summed E-state index contributed by atoms with van der Waals surface area (Å²) in [6, 6.07) is 48.6. The molecule has 6 heteroatoms. The molecule has 6 aromatic carbocycles. The van der Waals surface area contributed by atoms with Gasteiger partial charge in [0.25, 0.3) is 0 Å². The average molecular weight is 868 g/mol. The van der Waals surface area contributed by atoms with Crippen molar-refractivity contribution in [2.75, 3.05) is 0 Å². The van der Waals surface area contributed by atoms with Crippen molar-refractivity contribution in [2.24, 2.45) is 0 Å². The van der Waals surface area contributed by atoms with E-state index in [0.717, 1.165) is 88.7 Å². The first-order valence-corrected chi connectivity index (χ1v) is 17.5. The molecule has 0 atom stereocenters. The monoisotopic (exact) mass is 867 g/mol. The molecule has 5 nitrogen and oxygen atoms in total. The zero-order valence-electron chi connectivity index (χ0n) is 32.3. The van der Waals surface area contributed by atoms with Crippen molar-refractivity contribution in [3.63, 3.8) is 0 Å². The van der Waals surface area contributed by atoms with Gasteiger partial charge in [0.2, 0.25) is 0 Å². The summed E-state index contributed by atoms with van der Waals surface area (Å²) >= 11 is 0. The summed E-state index contributed by atoms with van der Waals surface area (Å²) in [4.78, 5) is 15.3. The van der Waals surface area contributed by atoms with Gasteiger partial charge < -0.3 is 9.55 Å². The number of aryl methyl sites for hydroxylation is 1. The second kappa shape index (κ2) is 12.4. The van der Waals surface area contributed by atoms with Crippen LogP contribution in [-0.4, -0.2) is 19.1 Å². The Kier molecular flexibility index (Phi) is 6.98. The molecule has 10 aromatic rings. The van der Waals surface area contributed by atoms with Gasteiger partial charge in [0.1, 0.15) is 11.6 Å². The summed E-state index contributed by atoms with van der Waals surface area (Å²) in [6.45, 7) is 4.51. The van der Waals surface area contributed by atoms with Crippen LogP contribution in [0.25, 0.3) is 88.7 Å². The van der Waals surface area contributed by atoms with E-state index in [1.807, 2.05) is 60.8 Å². The molecular weight excluding hydrogens is 830 g/mol. The van der Waals surface area contributed by atoms with E-state index in [9.17, 15) is 0 Å². The van der Waals surface area contributed by atoms with E-state index >= 15 is 0 Å². The molecule has 0 aliphatic carbocycles. The van der Waals surface area contributed by atoms with Crippen molar-refractivity contribution in [2.45, 2.75) is 33.0 Å². The quantitative estimate of drug-likeness (QED) is 0.166. The Labute approximate surface area is 326 Å². The summed E-state index contributed by atoms with van der Waals surface area (Å²) in [5, 5.41) is 4.40. The Morgan fingerprint density at radius 2 is 1.47 bits per heavy atom. The number of hydrogen-bond acceptors (Lipinski definition) is 2. The average Bonchev–Trinajstić information content (AvgIpc) is 3.87. The summed E-state index contributed by atoms with van der Waals surface area (Å²) in [7, 11) is 0. The van der Waals surface area contributed by atoms with Crippen LogP contribution < -0.4 is 4.98 Å². The Morgan fingerprint density at radius 3 is 2.28 bits per heavy atom. The van der Waals surface area contributed by atoms with Gasteiger partial charge in [-0.25, -0.2) is 9.97 Å². The zero-order chi connectivity index (χ0) is 37.6. The fourth-order valence-corrected chi connectivity index (χ4v) is 7.64. The van der Waals surface area contributed by atoms with E-state index in [1.165, 1.54) is 5.56 Å². The predicted octanol–water partition coefficient (Wildman–Crippen LogP) is 11.5. The van der Waals surface area contributed by atoms with Gasteiger partial charge in [0.15, 0.2) is 0 Å². The van der Waals surface area contributed by atoms with Gasteiger partial charge in [-0.05, 0) is 75.9 Å². The Hall–Kier alpha value is -5.77. The van der Waals surface area contributed by atoms with E-state index in [2.05, 4.69) is 103 Å². The standard InChI is InChI=1S/C47H35N5.Pt/c1-29-18-22-32(23-19-29)51-41-16-10-12-33(45(41)50-46(51)37-14-9-13-36-34-11-5-6-15-39(34)49-44(36)37)30-20-24-35-38-28-31(47(2,3)4)21-25-40(38)52(42(35)27-30)43-17-7-8-26-48-43;/h5-26,28H,1-4H3;/q-2;+2/i1D3;. The molecule has 0 bridgehead atoms. The van der Waals surface area contributed by atoms with Gasteiger partial charge >= 0.3 is 21.1 Å². The van der Waals surface area contributed by atoms with Crippen LogP contribution >= 0.6 is 0 Å². The maximum atomic E-state index is 7.99. The summed E-state index contributed by atoms with van der Waals surface area (Å²) in [5.74, 6) is 1.54. The third-order valence-electron chi connectivity index (χ3n) is 10.2. The molecular formula is C47H35N5Pt. The minimum absolute atomic E-state index is 0. The Bertz CT molecular complexity index is 3110. The molecule has 4 aromatic heterocycles. The van der Waals surface area contributed by atoms with E-state index in [-0.39, 0.29) is 32.0 Å². The number of aromatic nitrogens is 5. The molecule has 0 unspecified atom stereocenters. The van der Waals surface area contributed by atoms with E-state index in [4.69, 9.17) is 19.1 Å². The molecule has 0 radical (unpaired) electrons. The molecule has 4 heterocycles. The molecule has 0 saturated heterocycles. The minimum atomic E-state index is -2.21. The second-order valence-electron chi connectivity index (χ2n) is 14.5. The van der Waals surface area contributed by atoms with Crippen LogP contribution in [0.3, 0.4) is 0 Å².